The summed E-state index contributed by atoms with van der Waals surface area (Å²) in [6.07, 6.45) is 0. The van der Waals surface area contributed by atoms with Gasteiger partial charge in [-0.15, -0.1) is 0 Å². The molecule has 17 heavy (non-hydrogen) atoms. The number of hydrogen-bond acceptors (Lipinski definition) is 0. The molecule has 0 aliphatic heterocycles. The van der Waals surface area contributed by atoms with E-state index in [9.17, 15) is 13.2 Å². The van der Waals surface area contributed by atoms with Gasteiger partial charge in [-0.2, -0.15) is 0 Å². The Morgan fingerprint density at radius 3 is 2.12 bits per heavy atom. The summed E-state index contributed by atoms with van der Waals surface area (Å²) in [4.78, 5) is 0. The van der Waals surface area contributed by atoms with Gasteiger partial charge in [0, 0.05) is 10.5 Å². The first kappa shape index (κ1) is 12.5. The van der Waals surface area contributed by atoms with Crippen molar-refractivity contribution >= 4 is 27.5 Å². The van der Waals surface area contributed by atoms with Gasteiger partial charge < -0.3 is 0 Å². The summed E-state index contributed by atoms with van der Waals surface area (Å²) >= 11 is 8.55. The first-order chi connectivity index (χ1) is 7.97. The quantitative estimate of drug-likeness (QED) is 0.694. The van der Waals surface area contributed by atoms with Gasteiger partial charge in [-0.3, -0.25) is 0 Å². The van der Waals surface area contributed by atoms with Crippen LogP contribution in [0.1, 0.15) is 0 Å². The fraction of sp³-hybridized carbons (Fsp3) is 0. The highest BCUT2D eigenvalue weighted by molar-refractivity contribution is 9.10. The lowest BCUT2D eigenvalue weighted by molar-refractivity contribution is 0.587. The van der Waals surface area contributed by atoms with E-state index in [1.54, 1.807) is 0 Å². The second-order valence-corrected chi connectivity index (χ2v) is 4.63. The molecule has 0 atom stereocenters. The molecule has 0 heterocycles. The van der Waals surface area contributed by atoms with Crippen molar-refractivity contribution in [3.63, 3.8) is 0 Å². The zero-order valence-electron chi connectivity index (χ0n) is 8.20. The summed E-state index contributed by atoms with van der Waals surface area (Å²) in [7, 11) is 0. The minimum atomic E-state index is -0.793. The predicted molar refractivity (Wildman–Crippen MR) is 63.3 cm³/mol. The Labute approximate surface area is 109 Å². The van der Waals surface area contributed by atoms with Crippen LogP contribution in [0.3, 0.4) is 0 Å². The molecule has 0 bridgehead atoms. The van der Waals surface area contributed by atoms with Gasteiger partial charge in [0.25, 0.3) is 0 Å². The molecule has 0 nitrogen and oxygen atoms in total. The lowest BCUT2D eigenvalue weighted by Gasteiger charge is -2.06. The molecule has 0 aliphatic carbocycles. The molecule has 0 N–H and O–H groups in total. The highest BCUT2D eigenvalue weighted by Gasteiger charge is 2.14. The van der Waals surface area contributed by atoms with Gasteiger partial charge in [0.15, 0.2) is 0 Å². The first-order valence-corrected chi connectivity index (χ1v) is 5.68. The highest BCUT2D eigenvalue weighted by atomic mass is 79.9. The standard InChI is InChI=1S/C12H4BrClF3/c13-7-3-10(16)12(11(17)4-7)6-1-8(14)5-9(15)2-6/h1-4H. The molecular formula is C12H4BrClF3. The van der Waals surface area contributed by atoms with E-state index in [1.807, 2.05) is 0 Å². The molecule has 2 rings (SSSR count). The van der Waals surface area contributed by atoms with Crippen molar-refractivity contribution in [1.29, 1.82) is 0 Å². The molecule has 0 fully saturated rings. The van der Waals surface area contributed by atoms with Crippen LogP contribution in [0, 0.1) is 23.5 Å². The third-order valence-electron chi connectivity index (χ3n) is 2.10. The van der Waals surface area contributed by atoms with Crippen LogP contribution in [0.25, 0.3) is 11.1 Å². The number of halogens is 5. The van der Waals surface area contributed by atoms with Crippen LogP contribution < -0.4 is 0 Å². The summed E-state index contributed by atoms with van der Waals surface area (Å²) in [6.45, 7) is 0. The van der Waals surface area contributed by atoms with Crippen molar-refractivity contribution in [2.75, 3.05) is 0 Å². The van der Waals surface area contributed by atoms with Crippen molar-refractivity contribution in [3.8, 4) is 11.1 Å². The maximum absolute atomic E-state index is 13.6. The number of hydrogen-bond donors (Lipinski definition) is 0. The van der Waals surface area contributed by atoms with Crippen molar-refractivity contribution < 1.29 is 13.2 Å². The predicted octanol–water partition coefficient (Wildman–Crippen LogP) is 4.99. The third kappa shape index (κ3) is 2.64. The Bertz CT molecular complexity index is 541. The van der Waals surface area contributed by atoms with Crippen LogP contribution in [-0.2, 0) is 0 Å². The van der Waals surface area contributed by atoms with E-state index in [4.69, 9.17) is 11.6 Å². The van der Waals surface area contributed by atoms with Gasteiger partial charge in [-0.05, 0) is 29.8 Å². The number of benzene rings is 2. The molecule has 5 heteroatoms. The maximum Gasteiger partial charge on any atom is 0.135 e. The Morgan fingerprint density at radius 2 is 1.59 bits per heavy atom. The van der Waals surface area contributed by atoms with E-state index in [1.165, 1.54) is 6.07 Å². The van der Waals surface area contributed by atoms with Crippen molar-refractivity contribution in [2.24, 2.45) is 0 Å². The first-order valence-electron chi connectivity index (χ1n) is 4.50. The molecule has 0 amide bonds. The zero-order chi connectivity index (χ0) is 12.6. The molecule has 0 saturated carbocycles. The Morgan fingerprint density at radius 1 is 1.00 bits per heavy atom. The molecule has 0 aromatic heterocycles. The van der Waals surface area contributed by atoms with E-state index in [0.29, 0.717) is 0 Å². The van der Waals surface area contributed by atoms with E-state index in [2.05, 4.69) is 22.0 Å². The average molecular weight is 321 g/mol. The molecule has 87 valence electrons. The molecule has 1 radical (unpaired) electrons. The monoisotopic (exact) mass is 319 g/mol. The summed E-state index contributed by atoms with van der Waals surface area (Å²) < 4.78 is 40.6. The van der Waals surface area contributed by atoms with Crippen LogP contribution >= 0.6 is 27.5 Å². The van der Waals surface area contributed by atoms with E-state index < -0.39 is 17.5 Å². The Balaban J connectivity index is 2.68. The zero-order valence-corrected chi connectivity index (χ0v) is 10.5. The fourth-order valence-electron chi connectivity index (χ4n) is 1.46. The van der Waals surface area contributed by atoms with Crippen molar-refractivity contribution in [3.05, 3.63) is 57.3 Å². The smallest absolute Gasteiger partial charge is 0.135 e. The summed E-state index contributed by atoms with van der Waals surface area (Å²) in [6, 6.07) is 6.60. The summed E-state index contributed by atoms with van der Waals surface area (Å²) in [5.74, 6) is -2.36. The number of rotatable bonds is 1. The van der Waals surface area contributed by atoms with Crippen LogP contribution in [0.4, 0.5) is 13.2 Å². The normalized spacial score (nSPS) is 10.6. The van der Waals surface area contributed by atoms with Crippen LogP contribution in [0.15, 0.2) is 28.7 Å². The Hall–Kier alpha value is -1.00. The van der Waals surface area contributed by atoms with Crippen molar-refractivity contribution in [1.82, 2.24) is 0 Å². The van der Waals surface area contributed by atoms with Gasteiger partial charge in [0.05, 0.1) is 10.6 Å². The van der Waals surface area contributed by atoms with Gasteiger partial charge in [0.1, 0.15) is 17.5 Å². The molecule has 0 unspecified atom stereocenters. The molecule has 0 spiro atoms. The Kier molecular flexibility index (Phi) is 3.45. The van der Waals surface area contributed by atoms with E-state index in [0.717, 1.165) is 18.2 Å². The second kappa shape index (κ2) is 4.70. The van der Waals surface area contributed by atoms with Crippen LogP contribution in [0.2, 0.25) is 5.02 Å². The SMILES string of the molecule is Fc1[c]c(Cl)cc(-c2c(F)cc(Br)cc2F)c1. The molecule has 0 aliphatic rings. The topological polar surface area (TPSA) is 0 Å². The second-order valence-electron chi connectivity index (χ2n) is 3.31. The van der Waals surface area contributed by atoms with Crippen LogP contribution in [0.5, 0.6) is 0 Å². The highest BCUT2D eigenvalue weighted by Crippen LogP contribution is 2.30. The third-order valence-corrected chi connectivity index (χ3v) is 2.76. The maximum atomic E-state index is 13.6. The molecule has 2 aromatic carbocycles. The van der Waals surface area contributed by atoms with Crippen LogP contribution in [-0.4, -0.2) is 0 Å². The molecule has 0 saturated heterocycles. The lowest BCUT2D eigenvalue weighted by Crippen LogP contribution is -1.91. The fourth-order valence-corrected chi connectivity index (χ4v) is 2.07. The van der Waals surface area contributed by atoms with Gasteiger partial charge >= 0.3 is 0 Å². The minimum absolute atomic E-state index is 0.0359. The lowest BCUT2D eigenvalue weighted by atomic mass is 10.0. The van der Waals surface area contributed by atoms with Gasteiger partial charge in [-0.1, -0.05) is 27.5 Å². The summed E-state index contributed by atoms with van der Waals surface area (Å²) in [5.41, 5.74) is -0.281. The van der Waals surface area contributed by atoms with E-state index >= 15 is 0 Å². The molecule has 2 aromatic rings. The van der Waals surface area contributed by atoms with Crippen molar-refractivity contribution in [2.45, 2.75) is 0 Å². The average Bonchev–Trinajstić information content (AvgIpc) is 2.13. The van der Waals surface area contributed by atoms with E-state index in [-0.39, 0.29) is 20.6 Å². The minimum Gasteiger partial charge on any atom is -0.206 e. The van der Waals surface area contributed by atoms with Gasteiger partial charge in [-0.25, -0.2) is 13.2 Å². The largest absolute Gasteiger partial charge is 0.206 e. The van der Waals surface area contributed by atoms with Gasteiger partial charge in [0.2, 0.25) is 0 Å². The molecular weight excluding hydrogens is 316 g/mol. The summed E-state index contributed by atoms with van der Waals surface area (Å²) in [5, 5.41) is -0.0401.